The van der Waals surface area contributed by atoms with Gasteiger partial charge in [0, 0.05) is 0 Å². The van der Waals surface area contributed by atoms with Crippen molar-refractivity contribution in [3.63, 3.8) is 0 Å². The van der Waals surface area contributed by atoms with Crippen molar-refractivity contribution in [2.24, 2.45) is 0 Å². The zero-order valence-corrected chi connectivity index (χ0v) is 9.01. The number of hydrogen-bond donors (Lipinski definition) is 2. The Morgan fingerprint density at radius 2 is 1.43 bits per heavy atom. The molecular weight excluding hydrogens is 179 g/mol. The van der Waals surface area contributed by atoms with E-state index in [9.17, 15) is 5.11 Å². The van der Waals surface area contributed by atoms with Crippen LogP contribution in [-0.2, 0) is 0 Å². The van der Waals surface area contributed by atoms with Crippen molar-refractivity contribution in [3.05, 3.63) is 22.3 Å². The first-order chi connectivity index (χ1) is 6.50. The maximum absolute atomic E-state index is 9.78. The number of aromatic hydroxyl groups is 1. The Morgan fingerprint density at radius 3 is 1.93 bits per heavy atom. The van der Waals surface area contributed by atoms with E-state index in [1.165, 1.54) is 0 Å². The topological polar surface area (TPSA) is 49.7 Å². The van der Waals surface area contributed by atoms with Gasteiger partial charge in [0.15, 0.2) is 5.75 Å². The molecule has 0 heterocycles. The normalized spacial score (nSPS) is 10.1. The zero-order chi connectivity index (χ0) is 10.9. The predicted molar refractivity (Wildman–Crippen MR) is 57.1 cm³/mol. The summed E-state index contributed by atoms with van der Waals surface area (Å²) in [4.78, 5) is 0. The van der Waals surface area contributed by atoms with Crippen molar-refractivity contribution < 1.29 is 14.8 Å². The minimum Gasteiger partial charge on any atom is -0.536 e. The highest BCUT2D eigenvalue weighted by Crippen LogP contribution is 2.37. The fourth-order valence-electron chi connectivity index (χ4n) is 1.50. The SMILES string of the molecule is Cc1c(C)c(C)c(OBO)c(O)c1C. The van der Waals surface area contributed by atoms with Gasteiger partial charge >= 0.3 is 7.69 Å². The average molecular weight is 194 g/mol. The van der Waals surface area contributed by atoms with E-state index in [2.05, 4.69) is 0 Å². The summed E-state index contributed by atoms with van der Waals surface area (Å²) in [6.07, 6.45) is 0. The molecule has 1 aromatic carbocycles. The maximum Gasteiger partial charge on any atom is 0.504 e. The summed E-state index contributed by atoms with van der Waals surface area (Å²) >= 11 is 0. The molecule has 0 spiro atoms. The zero-order valence-electron chi connectivity index (χ0n) is 9.01. The Morgan fingerprint density at radius 1 is 0.929 bits per heavy atom. The highest BCUT2D eigenvalue weighted by molar-refractivity contribution is 6.17. The lowest BCUT2D eigenvalue weighted by Gasteiger charge is -2.16. The van der Waals surface area contributed by atoms with E-state index in [1.807, 2.05) is 27.7 Å². The van der Waals surface area contributed by atoms with E-state index in [1.54, 1.807) is 0 Å². The molecule has 2 N–H and O–H groups in total. The van der Waals surface area contributed by atoms with Gasteiger partial charge in [-0.3, -0.25) is 0 Å². The molecule has 4 heteroatoms. The minimum atomic E-state index is -0.420. The van der Waals surface area contributed by atoms with Crippen molar-refractivity contribution in [2.75, 3.05) is 0 Å². The van der Waals surface area contributed by atoms with Gasteiger partial charge in [0.1, 0.15) is 5.75 Å². The summed E-state index contributed by atoms with van der Waals surface area (Å²) in [5.41, 5.74) is 3.82. The molecule has 1 rings (SSSR count). The molecule has 0 fully saturated rings. The van der Waals surface area contributed by atoms with Crippen LogP contribution >= 0.6 is 0 Å². The summed E-state index contributed by atoms with van der Waals surface area (Å²) in [5.74, 6) is 0.507. The first kappa shape index (κ1) is 10.9. The molecule has 0 saturated heterocycles. The Hall–Kier alpha value is -1.16. The Kier molecular flexibility index (Phi) is 3.06. The van der Waals surface area contributed by atoms with Crippen LogP contribution in [0.1, 0.15) is 22.3 Å². The third kappa shape index (κ3) is 1.57. The van der Waals surface area contributed by atoms with Gasteiger partial charge in [-0.1, -0.05) is 0 Å². The van der Waals surface area contributed by atoms with Crippen LogP contribution in [0.5, 0.6) is 11.5 Å². The van der Waals surface area contributed by atoms with Gasteiger partial charge in [-0.2, -0.15) is 0 Å². The van der Waals surface area contributed by atoms with Crippen LogP contribution in [0.15, 0.2) is 0 Å². The fraction of sp³-hybridized carbons (Fsp3) is 0.400. The quantitative estimate of drug-likeness (QED) is 0.696. The number of benzene rings is 1. The highest BCUT2D eigenvalue weighted by Gasteiger charge is 2.15. The monoisotopic (exact) mass is 194 g/mol. The van der Waals surface area contributed by atoms with Gasteiger partial charge in [-0.05, 0) is 49.9 Å². The third-order valence-corrected chi connectivity index (χ3v) is 2.81. The molecule has 0 aliphatic heterocycles. The van der Waals surface area contributed by atoms with Crippen LogP contribution in [0, 0.1) is 27.7 Å². The van der Waals surface area contributed by atoms with Gasteiger partial charge in [0.25, 0.3) is 0 Å². The first-order valence-electron chi connectivity index (χ1n) is 4.53. The Balaban J connectivity index is 3.43. The molecule has 0 atom stereocenters. The highest BCUT2D eigenvalue weighted by atomic mass is 16.5. The van der Waals surface area contributed by atoms with Crippen molar-refractivity contribution in [1.29, 1.82) is 0 Å². The van der Waals surface area contributed by atoms with Crippen LogP contribution in [0.2, 0.25) is 0 Å². The van der Waals surface area contributed by atoms with Gasteiger partial charge in [-0.25, -0.2) is 0 Å². The predicted octanol–water partition coefficient (Wildman–Crippen LogP) is 1.26. The molecule has 0 aliphatic rings. The largest absolute Gasteiger partial charge is 0.536 e. The van der Waals surface area contributed by atoms with E-state index in [-0.39, 0.29) is 5.75 Å². The number of phenolic OH excluding ortho intramolecular Hbond substituents is 1. The molecule has 0 saturated carbocycles. The third-order valence-electron chi connectivity index (χ3n) is 2.81. The summed E-state index contributed by atoms with van der Waals surface area (Å²) < 4.78 is 4.99. The van der Waals surface area contributed by atoms with Gasteiger partial charge in [-0.15, -0.1) is 0 Å². The molecule has 76 valence electrons. The van der Waals surface area contributed by atoms with Gasteiger partial charge in [0.2, 0.25) is 0 Å². The van der Waals surface area contributed by atoms with E-state index in [0.717, 1.165) is 22.3 Å². The molecule has 0 amide bonds. The Bertz CT molecular complexity index is 332. The van der Waals surface area contributed by atoms with Gasteiger partial charge in [0.05, 0.1) is 0 Å². The van der Waals surface area contributed by atoms with E-state index in [4.69, 9.17) is 9.68 Å². The molecule has 0 unspecified atom stereocenters. The van der Waals surface area contributed by atoms with Crippen molar-refractivity contribution in [2.45, 2.75) is 27.7 Å². The molecule has 0 bridgehead atoms. The van der Waals surface area contributed by atoms with Crippen molar-refractivity contribution >= 4 is 7.69 Å². The molecule has 0 aromatic heterocycles. The summed E-state index contributed by atoms with van der Waals surface area (Å²) in [6, 6.07) is 0. The molecule has 0 radical (unpaired) electrons. The Labute approximate surface area is 84.7 Å². The molecule has 3 nitrogen and oxygen atoms in total. The maximum atomic E-state index is 9.78. The van der Waals surface area contributed by atoms with Crippen molar-refractivity contribution in [1.82, 2.24) is 0 Å². The van der Waals surface area contributed by atoms with Crippen LogP contribution in [-0.4, -0.2) is 17.8 Å². The number of hydrogen-bond acceptors (Lipinski definition) is 3. The smallest absolute Gasteiger partial charge is 0.504 e. The standard InChI is InChI=1S/C10H15BO3/c1-5-6(2)8(4)10(14-11-13)9(12)7(5)3/h11-13H,1-4H3. The second-order valence-corrected chi connectivity index (χ2v) is 3.45. The second kappa shape index (κ2) is 3.92. The van der Waals surface area contributed by atoms with Crippen LogP contribution in [0.4, 0.5) is 0 Å². The van der Waals surface area contributed by atoms with Gasteiger partial charge < -0.3 is 14.8 Å². The first-order valence-corrected chi connectivity index (χ1v) is 4.53. The van der Waals surface area contributed by atoms with E-state index in [0.29, 0.717) is 5.75 Å². The summed E-state index contributed by atoms with van der Waals surface area (Å²) in [5, 5.41) is 18.5. The average Bonchev–Trinajstić information content (AvgIpc) is 2.19. The lowest BCUT2D eigenvalue weighted by Crippen LogP contribution is -2.04. The summed E-state index contributed by atoms with van der Waals surface area (Å²) in [7, 11) is -0.420. The fourth-order valence-corrected chi connectivity index (χ4v) is 1.50. The van der Waals surface area contributed by atoms with Crippen LogP contribution < -0.4 is 4.65 Å². The number of phenols is 1. The second-order valence-electron chi connectivity index (χ2n) is 3.45. The molecule has 0 aliphatic carbocycles. The molecule has 14 heavy (non-hydrogen) atoms. The van der Waals surface area contributed by atoms with E-state index < -0.39 is 7.69 Å². The lowest BCUT2D eigenvalue weighted by molar-refractivity contribution is 0.405. The molecule has 1 aromatic rings. The number of rotatable bonds is 2. The van der Waals surface area contributed by atoms with Crippen LogP contribution in [0.25, 0.3) is 0 Å². The minimum absolute atomic E-state index is 0.125. The van der Waals surface area contributed by atoms with Crippen LogP contribution in [0.3, 0.4) is 0 Å². The molecular formula is C10H15BO3. The summed E-state index contributed by atoms with van der Waals surface area (Å²) in [6.45, 7) is 7.63. The lowest BCUT2D eigenvalue weighted by atomic mass is 9.97. The van der Waals surface area contributed by atoms with E-state index >= 15 is 0 Å². The van der Waals surface area contributed by atoms with Crippen molar-refractivity contribution in [3.8, 4) is 11.5 Å².